The van der Waals surface area contributed by atoms with E-state index in [-0.39, 0.29) is 75.7 Å². The number of ether oxygens (including phenoxy) is 2. The smallest absolute Gasteiger partial charge is 0.744 e. The summed E-state index contributed by atoms with van der Waals surface area (Å²) < 4.78 is 45.7. The number of hydrogen-bond donors (Lipinski definition) is 0. The summed E-state index contributed by atoms with van der Waals surface area (Å²) in [5.74, 6) is -1.55. The molecule has 53 heavy (non-hydrogen) atoms. The average Bonchev–Trinajstić information content (AvgIpc) is 3.13. The topological polar surface area (TPSA) is 110 Å². The molecule has 0 aliphatic rings. The third kappa shape index (κ3) is 30.1. The summed E-state index contributed by atoms with van der Waals surface area (Å²) in [5, 5.41) is 0. The Morgan fingerprint density at radius 3 is 1.08 bits per heavy atom. The van der Waals surface area contributed by atoms with Gasteiger partial charge < -0.3 is 14.0 Å². The number of unbranched alkanes of at least 4 members (excludes halogenated alkanes) is 28. The molecule has 0 unspecified atom stereocenters. The minimum Gasteiger partial charge on any atom is -0.744 e. The standard InChI is InChI=1S/C44H74O7S.K/c1-3-5-7-9-11-13-15-17-19-21-23-25-27-29-31-33-37-50-43(45)41-36-35-40(52(47,48)49)39-42(41)44(46)51-38-34-32-30-28-26-24-22-20-18-16-14-12-10-8-6-4-2;/h3-4,35-36,39H,1-2,5-34,37-38H2,(H,47,48,49);/q;+1/p-1. The molecule has 0 aliphatic carbocycles. The first kappa shape index (κ1) is 52.2. The summed E-state index contributed by atoms with van der Waals surface area (Å²) in [6.45, 7) is 7.91. The largest absolute Gasteiger partial charge is 1.00 e. The monoisotopic (exact) mass is 784 g/mol. The van der Waals surface area contributed by atoms with Crippen molar-refractivity contribution < 1.29 is 83.4 Å². The van der Waals surface area contributed by atoms with Crippen LogP contribution in [0.5, 0.6) is 0 Å². The average molecular weight is 785 g/mol. The van der Waals surface area contributed by atoms with Gasteiger partial charge in [-0.1, -0.05) is 166 Å². The zero-order chi connectivity index (χ0) is 38.0. The first-order valence-electron chi connectivity index (χ1n) is 21.0. The van der Waals surface area contributed by atoms with Crippen molar-refractivity contribution in [3.8, 4) is 0 Å². The predicted molar refractivity (Wildman–Crippen MR) is 214 cm³/mol. The second kappa shape index (κ2) is 36.8. The first-order chi connectivity index (χ1) is 25.3. The summed E-state index contributed by atoms with van der Waals surface area (Å²) in [6, 6.07) is 3.13. The van der Waals surface area contributed by atoms with Crippen molar-refractivity contribution in [2.45, 2.75) is 198 Å². The number of allylic oxidation sites excluding steroid dienone is 2. The number of hydrogen-bond acceptors (Lipinski definition) is 7. The van der Waals surface area contributed by atoms with Crippen LogP contribution >= 0.6 is 0 Å². The van der Waals surface area contributed by atoms with Gasteiger partial charge in [0, 0.05) is 0 Å². The minimum atomic E-state index is -4.81. The van der Waals surface area contributed by atoms with Crippen LogP contribution in [-0.4, -0.2) is 38.1 Å². The van der Waals surface area contributed by atoms with Gasteiger partial charge >= 0.3 is 63.3 Å². The molecular weight excluding hydrogens is 712 g/mol. The van der Waals surface area contributed by atoms with Gasteiger partial charge in [-0.05, 0) is 56.7 Å². The first-order valence-corrected chi connectivity index (χ1v) is 22.4. The maximum absolute atomic E-state index is 12.9. The van der Waals surface area contributed by atoms with Crippen LogP contribution in [0.15, 0.2) is 48.4 Å². The van der Waals surface area contributed by atoms with Crippen LogP contribution in [0.1, 0.15) is 213 Å². The van der Waals surface area contributed by atoms with E-state index >= 15 is 0 Å². The Bertz CT molecular complexity index is 1180. The number of carbonyl (C=O) groups excluding carboxylic acids is 2. The molecule has 0 saturated heterocycles. The zero-order valence-corrected chi connectivity index (χ0v) is 37.6. The predicted octanol–water partition coefficient (Wildman–Crippen LogP) is 9.98. The molecule has 1 rings (SSSR count). The number of esters is 2. The van der Waals surface area contributed by atoms with Crippen molar-refractivity contribution in [3.05, 3.63) is 54.6 Å². The van der Waals surface area contributed by atoms with Crippen molar-refractivity contribution in [2.75, 3.05) is 13.2 Å². The van der Waals surface area contributed by atoms with Crippen LogP contribution in [-0.2, 0) is 19.6 Å². The van der Waals surface area contributed by atoms with Crippen molar-refractivity contribution in [2.24, 2.45) is 0 Å². The van der Waals surface area contributed by atoms with E-state index in [4.69, 9.17) is 9.47 Å². The maximum atomic E-state index is 12.9. The summed E-state index contributed by atoms with van der Waals surface area (Å²) in [4.78, 5) is 25.2. The van der Waals surface area contributed by atoms with E-state index in [1.165, 1.54) is 134 Å². The van der Waals surface area contributed by atoms with Gasteiger partial charge in [-0.25, -0.2) is 18.0 Å². The quantitative estimate of drug-likeness (QED) is 0.0217. The van der Waals surface area contributed by atoms with Gasteiger partial charge in [0.05, 0.1) is 29.2 Å². The summed E-state index contributed by atoms with van der Waals surface area (Å²) in [5.41, 5.74) is -0.341. The molecule has 9 heteroatoms. The molecule has 0 heterocycles. The van der Waals surface area contributed by atoms with Gasteiger partial charge in [-0.15, -0.1) is 13.2 Å². The molecule has 0 N–H and O–H groups in total. The Kier molecular flexibility index (Phi) is 36.2. The van der Waals surface area contributed by atoms with E-state index in [0.29, 0.717) is 12.8 Å². The van der Waals surface area contributed by atoms with Gasteiger partial charge in [0.2, 0.25) is 0 Å². The van der Waals surface area contributed by atoms with Crippen LogP contribution in [0, 0.1) is 0 Å². The maximum Gasteiger partial charge on any atom is 1.00 e. The molecule has 1 aromatic rings. The van der Waals surface area contributed by atoms with E-state index in [1.54, 1.807) is 0 Å². The Morgan fingerprint density at radius 2 is 0.774 bits per heavy atom. The molecule has 0 radical (unpaired) electrons. The molecule has 0 amide bonds. The Balaban J connectivity index is 0.0000270. The van der Waals surface area contributed by atoms with Gasteiger partial charge in [-0.2, -0.15) is 0 Å². The molecule has 0 bridgehead atoms. The van der Waals surface area contributed by atoms with Gasteiger partial charge in [-0.3, -0.25) is 0 Å². The summed E-state index contributed by atoms with van der Waals surface area (Å²) >= 11 is 0. The van der Waals surface area contributed by atoms with Crippen molar-refractivity contribution in [3.63, 3.8) is 0 Å². The van der Waals surface area contributed by atoms with Crippen LogP contribution < -0.4 is 51.4 Å². The number of carbonyl (C=O) groups is 2. The molecule has 0 aromatic heterocycles. The van der Waals surface area contributed by atoms with Crippen LogP contribution in [0.4, 0.5) is 0 Å². The fraction of sp³-hybridized carbons (Fsp3) is 0.727. The SMILES string of the molecule is C=CCCCCCCCCCCCCCCCCOC(=O)c1ccc(S(=O)(=O)[O-])cc1C(=O)OCCCCCCCCCCCCCCCCC=C.[K+]. The van der Waals surface area contributed by atoms with Crippen LogP contribution in [0.3, 0.4) is 0 Å². The molecule has 0 fully saturated rings. The van der Waals surface area contributed by atoms with Gasteiger partial charge in [0.15, 0.2) is 0 Å². The second-order valence-electron chi connectivity index (χ2n) is 14.5. The molecule has 0 spiro atoms. The van der Waals surface area contributed by atoms with E-state index in [9.17, 15) is 22.6 Å². The fourth-order valence-corrected chi connectivity index (χ4v) is 7.03. The Hall–Kier alpha value is -0.814. The molecule has 0 aliphatic heterocycles. The Labute approximate surface area is 367 Å². The normalized spacial score (nSPS) is 11.2. The molecule has 7 nitrogen and oxygen atoms in total. The van der Waals surface area contributed by atoms with Crippen molar-refractivity contribution >= 4 is 22.1 Å². The van der Waals surface area contributed by atoms with E-state index in [2.05, 4.69) is 13.2 Å². The van der Waals surface area contributed by atoms with Crippen molar-refractivity contribution in [1.29, 1.82) is 0 Å². The summed E-state index contributed by atoms with van der Waals surface area (Å²) in [6.07, 6.45) is 40.0. The fourth-order valence-electron chi connectivity index (χ4n) is 6.54. The van der Waals surface area contributed by atoms with Gasteiger partial charge in [0.1, 0.15) is 10.1 Å². The third-order valence-corrected chi connectivity index (χ3v) is 10.6. The second-order valence-corrected chi connectivity index (χ2v) is 15.9. The van der Waals surface area contributed by atoms with Gasteiger partial charge in [0.25, 0.3) is 0 Å². The number of rotatable bonds is 37. The van der Waals surface area contributed by atoms with E-state index < -0.39 is 27.0 Å². The Morgan fingerprint density at radius 1 is 0.491 bits per heavy atom. The molecule has 0 atom stereocenters. The molecule has 298 valence electrons. The zero-order valence-electron chi connectivity index (χ0n) is 33.7. The van der Waals surface area contributed by atoms with E-state index in [1.807, 2.05) is 12.2 Å². The molecule has 0 saturated carbocycles. The van der Waals surface area contributed by atoms with Crippen LogP contribution in [0.2, 0.25) is 0 Å². The molecule has 1 aromatic carbocycles. The number of benzene rings is 1. The summed E-state index contributed by atoms with van der Waals surface area (Å²) in [7, 11) is -4.81. The van der Waals surface area contributed by atoms with E-state index in [0.717, 1.165) is 63.5 Å². The third-order valence-electron chi connectivity index (χ3n) is 9.79. The minimum absolute atomic E-state index is 0. The van der Waals surface area contributed by atoms with Crippen molar-refractivity contribution in [1.82, 2.24) is 0 Å². The molecular formula is C44H73KO7S. The van der Waals surface area contributed by atoms with Crippen LogP contribution in [0.25, 0.3) is 0 Å².